The predicted molar refractivity (Wildman–Crippen MR) is 291 cm³/mol. The maximum Gasteiger partial charge on any atom is 0.398 e. The quantitative estimate of drug-likeness (QED) is 0.0749. The minimum atomic E-state index is -5.87. The summed E-state index contributed by atoms with van der Waals surface area (Å²) >= 11 is 0. The molecular formula is C49H69F29Si6. The Bertz CT molecular complexity index is 1970. The van der Waals surface area contributed by atoms with E-state index in [9.17, 15) is 127 Å². The van der Waals surface area contributed by atoms with Crippen molar-refractivity contribution in [3.8, 4) is 0 Å². The number of alkyl halides is 29. The van der Waals surface area contributed by atoms with Gasteiger partial charge in [0.2, 0.25) is 6.43 Å². The Balaban J connectivity index is -0.000000220. The molecule has 0 aromatic rings. The summed E-state index contributed by atoms with van der Waals surface area (Å²) in [4.78, 5) is 0. The molecule has 0 fully saturated rings. The van der Waals surface area contributed by atoms with E-state index in [1.807, 2.05) is 6.55 Å². The normalized spacial score (nSPS) is 14.2. The zero-order valence-electron chi connectivity index (χ0n) is 46.3. The molecule has 2 atom stereocenters. The van der Waals surface area contributed by atoms with Crippen LogP contribution in [0.3, 0.4) is 0 Å². The van der Waals surface area contributed by atoms with Gasteiger partial charge in [0.25, 0.3) is 0 Å². The number of halogens is 29. The van der Waals surface area contributed by atoms with E-state index in [0.717, 1.165) is 29.3 Å². The van der Waals surface area contributed by atoms with Crippen LogP contribution < -0.4 is 0 Å². The first-order valence-electron chi connectivity index (χ1n) is 23.3. The van der Waals surface area contributed by atoms with Crippen molar-refractivity contribution < 1.29 is 127 Å². The van der Waals surface area contributed by atoms with E-state index in [1.165, 1.54) is 29.7 Å². The maximum atomic E-state index is 12.7. The standard InChI is InChI=1S/C10H11F9Si.2C8H10F6Si.C8H13F3Si.C8H14F2Si.C7H11F3Si/c1-4-20(5-2,6(3)8(11,12)13)7(9(14,15)16)10(17,18)19;1-4-15(3,5-2)6(7(9,10)11)8(12,13)14;1-3-15(4-2,5-7(9,10)11)6-8(12,13)14;1-5-12(4,6-2)7(3)8(9,10)11;1-4-11(3,5-2)7-6-8(9)10;1-4-11(3,5-2)6-7(8,9)10/h4-7H,1-2H2,3H3;4-6H,1-2H2,3H3;3-4H,1-2,5-6H2;5-7H,1-2H2,3-4H3;4-5,8H,1-2,6-7H2,3H3;4-5H,1-2,6H2,3H3. The second-order valence-corrected chi connectivity index (χ2v) is 44.6. The zero-order chi connectivity index (χ0) is 69.4. The molecular weight excluding hydrogens is 1310 g/mol. The van der Waals surface area contributed by atoms with Crippen LogP contribution in [0.25, 0.3) is 0 Å². The summed E-state index contributed by atoms with van der Waals surface area (Å²) in [5, 5.41) is 0. The number of hydrogen-bond acceptors (Lipinski definition) is 0. The summed E-state index contributed by atoms with van der Waals surface area (Å²) in [5.41, 5.74) is 0.967. The Hall–Kier alpha value is -3.85. The second-order valence-electron chi connectivity index (χ2n) is 19.3. The van der Waals surface area contributed by atoms with Crippen molar-refractivity contribution in [2.45, 2.75) is 155 Å². The fraction of sp³-hybridized carbons (Fsp3) is 0.510. The van der Waals surface area contributed by atoms with Gasteiger partial charge in [0.15, 0.2) is 0 Å². The molecule has 492 valence electrons. The number of hydrogen-bond donors (Lipinski definition) is 0. The molecule has 0 N–H and O–H groups in total. The summed E-state index contributed by atoms with van der Waals surface area (Å²) in [6.45, 7) is 46.2. The van der Waals surface area contributed by atoms with Crippen LogP contribution in [-0.4, -0.2) is 110 Å². The van der Waals surface area contributed by atoms with Crippen LogP contribution in [0.1, 0.15) is 20.3 Å². The molecule has 2 unspecified atom stereocenters. The highest BCUT2D eigenvalue weighted by molar-refractivity contribution is 6.92. The van der Waals surface area contributed by atoms with Gasteiger partial charge >= 0.3 is 55.6 Å². The third-order valence-corrected chi connectivity index (χ3v) is 35.3. The van der Waals surface area contributed by atoms with Crippen LogP contribution in [0.4, 0.5) is 127 Å². The van der Waals surface area contributed by atoms with Crippen molar-refractivity contribution in [2.75, 3.05) is 0 Å². The molecule has 0 saturated carbocycles. The highest BCUT2D eigenvalue weighted by Gasteiger charge is 2.70. The lowest BCUT2D eigenvalue weighted by Crippen LogP contribution is -2.55. The average molecular weight is 1380 g/mol. The van der Waals surface area contributed by atoms with Crippen LogP contribution in [-0.2, 0) is 0 Å². The first-order chi connectivity index (χ1) is 36.8. The average Bonchev–Trinajstić information content (AvgIpc) is 3.31. The highest BCUT2D eigenvalue weighted by atomic mass is 28.3. The molecule has 0 aromatic heterocycles. The van der Waals surface area contributed by atoms with E-state index >= 15 is 0 Å². The van der Waals surface area contributed by atoms with E-state index in [0.29, 0.717) is 13.0 Å². The first kappa shape index (κ1) is 91.3. The number of rotatable bonds is 22. The largest absolute Gasteiger partial charge is 0.398 e. The minimum absolute atomic E-state index is 0.0270. The van der Waals surface area contributed by atoms with Gasteiger partial charge in [-0.1, -0.05) is 108 Å². The van der Waals surface area contributed by atoms with Crippen LogP contribution in [0.2, 0.25) is 72.5 Å². The fourth-order valence-electron chi connectivity index (χ4n) is 6.51. The molecule has 0 aromatic carbocycles. The third kappa shape index (κ3) is 34.5. The molecule has 0 aliphatic heterocycles. The lowest BCUT2D eigenvalue weighted by Gasteiger charge is -2.40. The molecule has 0 radical (unpaired) electrons. The Labute approximate surface area is 476 Å². The SMILES string of the molecule is C=C[Si](C)(C=C)C(C(F)(F)F)C(F)(F)F.C=C[Si](C)(C=C)C(C)C(F)(F)F.C=C[Si](C)(C=C)CC(F)(F)F.C=C[Si](C)(C=C)CCC(F)F.C=C[Si](C=C)(C(C)C(F)(F)F)C(C(F)(F)F)C(F)(F)F.C=C[Si](C=C)(CC(F)(F)F)CC(F)(F)F. The third-order valence-electron chi connectivity index (χ3n) is 12.8. The molecule has 0 saturated heterocycles. The van der Waals surface area contributed by atoms with E-state index < -0.39 is 151 Å². The molecule has 0 aliphatic rings. The van der Waals surface area contributed by atoms with Crippen molar-refractivity contribution >= 4 is 48.4 Å². The van der Waals surface area contributed by atoms with Crippen LogP contribution in [0.5, 0.6) is 0 Å². The second kappa shape index (κ2) is 34.6. The van der Waals surface area contributed by atoms with E-state index in [2.05, 4.69) is 78.9 Å². The Morgan fingerprint density at radius 3 is 0.702 bits per heavy atom. The topological polar surface area (TPSA) is 0 Å². The molecule has 84 heavy (non-hydrogen) atoms. The van der Waals surface area contributed by atoms with Gasteiger partial charge in [-0.05, 0) is 6.04 Å². The maximum absolute atomic E-state index is 12.7. The molecule has 0 nitrogen and oxygen atoms in total. The Morgan fingerprint density at radius 2 is 0.571 bits per heavy atom. The summed E-state index contributed by atoms with van der Waals surface area (Å²) in [6.07, 6.45) is -47.3. The van der Waals surface area contributed by atoms with Crippen molar-refractivity contribution in [3.63, 3.8) is 0 Å². The van der Waals surface area contributed by atoms with E-state index in [1.54, 1.807) is 24.5 Å². The highest BCUT2D eigenvalue weighted by Crippen LogP contribution is 2.57. The molecule has 0 spiro atoms. The molecule has 0 rings (SSSR count). The van der Waals surface area contributed by atoms with Crippen molar-refractivity contribution in [1.29, 1.82) is 0 Å². The summed E-state index contributed by atoms with van der Waals surface area (Å²) in [6, 6.07) is -3.14. The van der Waals surface area contributed by atoms with Crippen LogP contribution in [0, 0.1) is 0 Å². The Morgan fingerprint density at radius 1 is 0.310 bits per heavy atom. The van der Waals surface area contributed by atoms with Gasteiger partial charge in [0.05, 0.1) is 19.2 Å². The van der Waals surface area contributed by atoms with Crippen LogP contribution >= 0.6 is 0 Å². The van der Waals surface area contributed by atoms with Gasteiger partial charge < -0.3 is 0 Å². The lowest BCUT2D eigenvalue weighted by molar-refractivity contribution is -0.235. The Kier molecular flexibility index (Phi) is 37.6. The van der Waals surface area contributed by atoms with E-state index in [4.69, 9.17) is 0 Å². The molecule has 0 amide bonds. The minimum Gasteiger partial charge on any atom is -0.211 e. The molecule has 0 aliphatic carbocycles. The molecule has 35 heteroatoms. The van der Waals surface area contributed by atoms with Gasteiger partial charge in [0, 0.05) is 24.6 Å². The lowest BCUT2D eigenvalue weighted by atomic mass is 10.4. The first-order valence-corrected chi connectivity index (χ1v) is 39.4. The molecule has 0 bridgehead atoms. The predicted octanol–water partition coefficient (Wildman–Crippen LogP) is 23.1. The van der Waals surface area contributed by atoms with Crippen molar-refractivity contribution in [1.82, 2.24) is 0 Å². The monoisotopic (exact) mass is 1380 g/mol. The van der Waals surface area contributed by atoms with Gasteiger partial charge in [-0.15, -0.1) is 78.9 Å². The van der Waals surface area contributed by atoms with Crippen molar-refractivity contribution in [2.24, 2.45) is 0 Å². The van der Waals surface area contributed by atoms with Gasteiger partial charge in [0.1, 0.15) is 51.5 Å². The molecule has 0 heterocycles. The summed E-state index contributed by atoms with van der Waals surface area (Å²) < 4.78 is 356. The van der Waals surface area contributed by atoms with Crippen LogP contribution in [0.15, 0.2) is 147 Å². The van der Waals surface area contributed by atoms with E-state index in [-0.39, 0.29) is 17.8 Å². The van der Waals surface area contributed by atoms with Gasteiger partial charge in [-0.2, -0.15) is 119 Å². The zero-order valence-corrected chi connectivity index (χ0v) is 52.3. The van der Waals surface area contributed by atoms with Gasteiger partial charge in [-0.3, -0.25) is 0 Å². The smallest absolute Gasteiger partial charge is 0.211 e. The summed E-state index contributed by atoms with van der Waals surface area (Å²) in [5.74, 6) is 0. The fourth-order valence-corrected chi connectivity index (χ4v) is 18.8. The summed E-state index contributed by atoms with van der Waals surface area (Å²) in [7, 11) is -19.5. The van der Waals surface area contributed by atoms with Gasteiger partial charge in [-0.25, -0.2) is 8.78 Å². The van der Waals surface area contributed by atoms with Crippen molar-refractivity contribution in [3.05, 3.63) is 147 Å².